The van der Waals surface area contributed by atoms with Crippen molar-refractivity contribution in [3.8, 4) is 167 Å². The first kappa shape index (κ1) is 76.1. The van der Waals surface area contributed by atoms with E-state index in [9.17, 15) is 0 Å². The number of rotatable bonds is 9. The van der Waals surface area contributed by atoms with E-state index in [-0.39, 0.29) is 0 Å². The van der Waals surface area contributed by atoms with Crippen LogP contribution in [-0.4, -0.2) is 0 Å². The summed E-state index contributed by atoms with van der Waals surface area (Å²) in [4.78, 5) is 0. The second kappa shape index (κ2) is 30.9. The second-order valence-electron chi connectivity index (χ2n) is 35.9. The normalized spacial score (nSPS) is 11.9. The summed E-state index contributed by atoms with van der Waals surface area (Å²) in [6, 6.07) is 179. The fourth-order valence-corrected chi connectivity index (χ4v) is 23.6. The lowest BCUT2D eigenvalue weighted by atomic mass is 9.89. The smallest absolute Gasteiger partial charge is 0.0433 e. The highest BCUT2D eigenvalue weighted by Crippen LogP contribution is 2.54. The van der Waals surface area contributed by atoms with Crippen molar-refractivity contribution in [1.29, 1.82) is 0 Å². The Labute approximate surface area is 774 Å². The summed E-state index contributed by atoms with van der Waals surface area (Å²) < 4.78 is 2.70. The molecule has 0 bridgehead atoms. The summed E-state index contributed by atoms with van der Waals surface area (Å²) in [6.45, 7) is 0. The highest BCUT2D eigenvalue weighted by molar-refractivity contribution is 7.26. The van der Waals surface area contributed by atoms with Gasteiger partial charge in [0.15, 0.2) is 0 Å². The Morgan fingerprint density at radius 1 is 0.105 bits per heavy atom. The van der Waals surface area contributed by atoms with Crippen molar-refractivity contribution in [2.75, 3.05) is 0 Å². The van der Waals surface area contributed by atoms with Gasteiger partial charge in [0, 0.05) is 20.2 Å². The molecule has 0 saturated heterocycles. The molecule has 0 atom stereocenters. The Hall–Kier alpha value is -16.9. The first-order chi connectivity index (χ1) is 65.9. The van der Waals surface area contributed by atoms with Gasteiger partial charge in [0.05, 0.1) is 0 Å². The van der Waals surface area contributed by atoms with Gasteiger partial charge in [-0.3, -0.25) is 0 Å². The number of benzene rings is 25. The highest BCUT2D eigenvalue weighted by Gasteiger charge is 2.27. The predicted octanol–water partition coefficient (Wildman–Crippen LogP) is 37.8. The van der Waals surface area contributed by atoms with Crippen LogP contribution in [0.1, 0.15) is 0 Å². The number of hydrogen-bond acceptors (Lipinski definition) is 1. The van der Waals surface area contributed by atoms with Crippen molar-refractivity contribution < 1.29 is 0 Å². The molecule has 3 aliphatic rings. The van der Waals surface area contributed by atoms with E-state index >= 15 is 0 Å². The van der Waals surface area contributed by atoms with Crippen molar-refractivity contribution in [1.82, 2.24) is 0 Å². The Balaban J connectivity index is 0.000000102. The molecule has 0 saturated carbocycles. The van der Waals surface area contributed by atoms with Gasteiger partial charge >= 0.3 is 0 Å². The fourth-order valence-electron chi connectivity index (χ4n) is 22.4. The molecule has 25 aromatic carbocycles. The molecule has 0 nitrogen and oxygen atoms in total. The molecule has 0 N–H and O–H groups in total. The molecular weight excluding hydrogens is 1620 g/mol. The third-order valence-electron chi connectivity index (χ3n) is 28.5. The molecule has 26 aromatic rings. The van der Waals surface area contributed by atoms with Crippen molar-refractivity contribution in [2.45, 2.75) is 0 Å². The molecule has 29 rings (SSSR count). The number of thiophene rings is 1. The summed E-state index contributed by atoms with van der Waals surface area (Å²) >= 11 is 1.89. The van der Waals surface area contributed by atoms with E-state index in [0.717, 1.165) is 0 Å². The number of hydrogen-bond donors (Lipinski definition) is 0. The average molecular weight is 1700 g/mol. The van der Waals surface area contributed by atoms with Gasteiger partial charge in [0.1, 0.15) is 0 Å². The fraction of sp³-hybridized carbons (Fsp3) is 0. The average Bonchev–Trinajstić information content (AvgIpc) is 1.72. The summed E-state index contributed by atoms with van der Waals surface area (Å²) in [5, 5.41) is 26.3. The lowest BCUT2D eigenvalue weighted by Gasteiger charge is -2.14. The molecule has 0 amide bonds. The van der Waals surface area contributed by atoms with E-state index in [2.05, 4.69) is 485 Å². The van der Waals surface area contributed by atoms with Crippen molar-refractivity contribution in [3.63, 3.8) is 0 Å². The van der Waals surface area contributed by atoms with Crippen LogP contribution in [0.4, 0.5) is 0 Å². The highest BCUT2D eigenvalue weighted by atomic mass is 32.1. The first-order valence-electron chi connectivity index (χ1n) is 46.1. The van der Waals surface area contributed by atoms with Crippen molar-refractivity contribution in [3.05, 3.63) is 485 Å². The summed E-state index contributed by atoms with van der Waals surface area (Å²) in [5.41, 5.74) is 38.4. The Morgan fingerprint density at radius 3 is 0.835 bits per heavy atom. The molecule has 133 heavy (non-hydrogen) atoms. The van der Waals surface area contributed by atoms with Gasteiger partial charge in [-0.05, 0) is 355 Å². The lowest BCUT2D eigenvalue weighted by molar-refractivity contribution is 1.59. The second-order valence-corrected chi connectivity index (χ2v) is 36.9. The molecule has 3 aliphatic carbocycles. The molecule has 1 heterocycles. The minimum atomic E-state index is 1.22. The predicted molar refractivity (Wildman–Crippen MR) is 572 cm³/mol. The summed E-state index contributed by atoms with van der Waals surface area (Å²) in [5.74, 6) is 0. The van der Waals surface area contributed by atoms with E-state index in [4.69, 9.17) is 0 Å². The van der Waals surface area contributed by atoms with E-state index < -0.39 is 0 Å². The zero-order valence-corrected chi connectivity index (χ0v) is 73.4. The van der Waals surface area contributed by atoms with Gasteiger partial charge in [-0.25, -0.2) is 0 Å². The van der Waals surface area contributed by atoms with E-state index in [0.29, 0.717) is 0 Å². The lowest BCUT2D eigenvalue weighted by Crippen LogP contribution is -1.88. The van der Waals surface area contributed by atoms with Gasteiger partial charge in [0.2, 0.25) is 0 Å². The first-order valence-corrected chi connectivity index (χ1v) is 46.9. The van der Waals surface area contributed by atoms with Crippen LogP contribution in [-0.2, 0) is 0 Å². The molecule has 0 unspecified atom stereocenters. The number of fused-ring (bicyclic) bond motifs is 23. The Bertz CT molecular complexity index is 9370. The monoisotopic (exact) mass is 1700 g/mol. The van der Waals surface area contributed by atoms with Gasteiger partial charge in [-0.2, -0.15) is 0 Å². The maximum Gasteiger partial charge on any atom is 0.0433 e. The van der Waals surface area contributed by atoms with E-state index in [1.54, 1.807) is 0 Å². The summed E-state index contributed by atoms with van der Waals surface area (Å²) in [6.07, 6.45) is 0. The SMILES string of the molecule is c1cc(-c2cccc(-c3cc4ccc5ccccc5c4c4ccccc34)c2)cc(-c2cc3c4c(cccc4c2)-c2ccccc2-3)c1.c1cc(-c2cccc(-c3ccc4c5ccccc5c5ccccc5c4c3)c2)cc(-c2cc3c4c(cccc4c2)-c2ccccc2-3)c1.c1cc(-c2cccc(-c3cccc4c3sc3ccccc34)c2)cc(-c2cc3c4c(cccc4c2)-c2ccccc2-3)c1. The van der Waals surface area contributed by atoms with Crippen molar-refractivity contribution >= 4 is 128 Å². The molecule has 0 fully saturated rings. The Morgan fingerprint density at radius 2 is 0.383 bits per heavy atom. The molecular formula is C132H80S. The molecule has 0 radical (unpaired) electrons. The standard InChI is InChI=1S/2C46H28.C40H24S/c1-2-17-38-36(15-1)37-16-3-5-19-40(37)44-27-33(22-23-42(38)44)31-12-7-10-29(24-31)30-11-8-13-32(25-30)35-26-34-14-9-21-43-39-18-4-6-20-41(39)45(28-35)46(34)43;1-2-16-37-29(10-1)22-23-35-27-43(40-19-5-6-20-41(40)45(35)37)33-14-8-12-31(25-33)30-11-7-13-32(24-30)36-26-34-15-9-21-42-38-17-3-4-18-39(38)44(28-36)46(34)42;1-2-15-33-32(14-1)35-18-7-13-29-23-30(24-37(33)39(29)35)27-11-5-9-25(21-27)26-10-6-12-28(22-26)31-17-8-19-36-34-16-3-4-20-38(34)41-40(31)36/h2*1-28H;1-24H. The zero-order chi connectivity index (χ0) is 87.3. The van der Waals surface area contributed by atoms with Crippen LogP contribution >= 0.6 is 11.3 Å². The third-order valence-corrected chi connectivity index (χ3v) is 29.7. The van der Waals surface area contributed by atoms with Crippen molar-refractivity contribution in [2.24, 2.45) is 0 Å². The van der Waals surface area contributed by atoms with Gasteiger partial charge in [-0.1, -0.05) is 394 Å². The molecule has 0 aliphatic heterocycles. The van der Waals surface area contributed by atoms with Crippen LogP contribution < -0.4 is 0 Å². The molecule has 1 heteroatoms. The largest absolute Gasteiger partial charge is 0.135 e. The maximum atomic E-state index is 2.39. The minimum absolute atomic E-state index is 1.22. The molecule has 0 spiro atoms. The van der Waals surface area contributed by atoms with E-state index in [1.165, 1.54) is 284 Å². The third kappa shape index (κ3) is 12.6. The van der Waals surface area contributed by atoms with Crippen LogP contribution in [0.15, 0.2) is 485 Å². The van der Waals surface area contributed by atoms with Crippen LogP contribution in [0.2, 0.25) is 0 Å². The topological polar surface area (TPSA) is 0 Å². The minimum Gasteiger partial charge on any atom is -0.135 e. The van der Waals surface area contributed by atoms with E-state index in [1.807, 2.05) is 11.3 Å². The maximum absolute atomic E-state index is 2.39. The van der Waals surface area contributed by atoms with Gasteiger partial charge < -0.3 is 0 Å². The Kier molecular flexibility index (Phi) is 17.7. The van der Waals surface area contributed by atoms with Gasteiger partial charge in [0.25, 0.3) is 0 Å². The van der Waals surface area contributed by atoms with Crippen LogP contribution in [0.25, 0.3) is 284 Å². The van der Waals surface area contributed by atoms with Crippen LogP contribution in [0.5, 0.6) is 0 Å². The summed E-state index contributed by atoms with van der Waals surface area (Å²) in [7, 11) is 0. The van der Waals surface area contributed by atoms with Gasteiger partial charge in [-0.15, -0.1) is 11.3 Å². The zero-order valence-electron chi connectivity index (χ0n) is 72.6. The molecule has 614 valence electrons. The molecule has 1 aromatic heterocycles. The van der Waals surface area contributed by atoms with Crippen LogP contribution in [0, 0.1) is 0 Å². The quantitative estimate of drug-likeness (QED) is 0.126. The van der Waals surface area contributed by atoms with Crippen LogP contribution in [0.3, 0.4) is 0 Å².